The zero-order chi connectivity index (χ0) is 20.4. The number of aromatic nitrogens is 3. The molecule has 1 aliphatic carbocycles. The Morgan fingerprint density at radius 3 is 2.83 bits per heavy atom. The highest BCUT2D eigenvalue weighted by atomic mass is 32.2. The number of anilines is 1. The Bertz CT molecular complexity index is 1040. The summed E-state index contributed by atoms with van der Waals surface area (Å²) in [6.07, 6.45) is 5.09. The molecule has 7 heteroatoms. The summed E-state index contributed by atoms with van der Waals surface area (Å²) in [6.45, 7) is 3.86. The fourth-order valence-electron chi connectivity index (χ4n) is 3.83. The lowest BCUT2D eigenvalue weighted by Gasteiger charge is -2.14. The van der Waals surface area contributed by atoms with Crippen LogP contribution in [0.5, 0.6) is 5.88 Å². The number of nitrogens with one attached hydrogen (secondary N) is 1. The maximum absolute atomic E-state index is 12.6. The van der Waals surface area contributed by atoms with Crippen molar-refractivity contribution in [3.63, 3.8) is 0 Å². The molecule has 0 radical (unpaired) electrons. The van der Waals surface area contributed by atoms with E-state index in [2.05, 4.69) is 21.5 Å². The summed E-state index contributed by atoms with van der Waals surface area (Å²) in [5.41, 5.74) is 3.57. The lowest BCUT2D eigenvalue weighted by atomic mass is 10.2. The molecule has 1 aromatic carbocycles. The lowest BCUT2D eigenvalue weighted by molar-refractivity contribution is -0.118. The molecule has 0 aliphatic heterocycles. The third-order valence-corrected chi connectivity index (χ3v) is 6.60. The van der Waals surface area contributed by atoms with Crippen LogP contribution in [0.1, 0.15) is 36.9 Å². The molecule has 3 aromatic rings. The van der Waals surface area contributed by atoms with Gasteiger partial charge in [-0.05, 0) is 50.5 Å². The first kappa shape index (κ1) is 19.8. The van der Waals surface area contributed by atoms with E-state index in [1.807, 2.05) is 56.9 Å². The Labute approximate surface area is 175 Å². The number of pyridine rings is 1. The Morgan fingerprint density at radius 1 is 1.28 bits per heavy atom. The van der Waals surface area contributed by atoms with Crippen LogP contribution in [0.15, 0.2) is 35.2 Å². The van der Waals surface area contributed by atoms with Crippen LogP contribution in [-0.4, -0.2) is 32.5 Å². The fourth-order valence-corrected chi connectivity index (χ4v) is 5.16. The van der Waals surface area contributed by atoms with Crippen molar-refractivity contribution >= 4 is 34.4 Å². The monoisotopic (exact) mass is 410 g/mol. The molecule has 1 fully saturated rings. The predicted molar refractivity (Wildman–Crippen MR) is 117 cm³/mol. The van der Waals surface area contributed by atoms with Gasteiger partial charge in [-0.15, -0.1) is 16.9 Å². The average Bonchev–Trinajstić information content (AvgIpc) is 3.30. The summed E-state index contributed by atoms with van der Waals surface area (Å²) in [5.74, 6) is 0.247. The van der Waals surface area contributed by atoms with Crippen molar-refractivity contribution in [2.45, 2.75) is 49.7 Å². The van der Waals surface area contributed by atoms with Crippen LogP contribution < -0.4 is 10.1 Å². The maximum Gasteiger partial charge on any atom is 0.262 e. The Morgan fingerprint density at radius 2 is 2.03 bits per heavy atom. The number of rotatable bonds is 6. The maximum atomic E-state index is 12.6. The summed E-state index contributed by atoms with van der Waals surface area (Å²) in [5, 5.41) is 8.89. The van der Waals surface area contributed by atoms with Crippen molar-refractivity contribution in [2.24, 2.45) is 7.05 Å². The molecule has 0 unspecified atom stereocenters. The number of aryl methyl sites for hydroxylation is 3. The average molecular weight is 411 g/mol. The number of hydrogen-bond acceptors (Lipinski definition) is 5. The van der Waals surface area contributed by atoms with Gasteiger partial charge >= 0.3 is 0 Å². The van der Waals surface area contributed by atoms with Gasteiger partial charge in [0.15, 0.2) is 12.3 Å². The molecule has 0 atom stereocenters. The molecule has 6 nitrogen and oxygen atoms in total. The van der Waals surface area contributed by atoms with Crippen LogP contribution in [0, 0.1) is 13.8 Å². The van der Waals surface area contributed by atoms with Crippen LogP contribution in [0.4, 0.5) is 5.69 Å². The Hall–Kier alpha value is -2.54. The van der Waals surface area contributed by atoms with E-state index in [0.717, 1.165) is 32.9 Å². The molecule has 1 N–H and O–H groups in total. The van der Waals surface area contributed by atoms with E-state index in [1.54, 1.807) is 4.68 Å². The number of ether oxygens (including phenoxy) is 1. The Kier molecular flexibility index (Phi) is 5.76. The molecule has 152 valence electrons. The molecular formula is C22H26N4O2S. The molecule has 1 saturated carbocycles. The highest BCUT2D eigenvalue weighted by molar-refractivity contribution is 8.00. The van der Waals surface area contributed by atoms with E-state index < -0.39 is 0 Å². The quantitative estimate of drug-likeness (QED) is 0.641. The minimum atomic E-state index is -0.194. The van der Waals surface area contributed by atoms with E-state index in [0.29, 0.717) is 11.1 Å². The normalized spacial score (nSPS) is 14.4. The van der Waals surface area contributed by atoms with Gasteiger partial charge in [-0.2, -0.15) is 0 Å². The van der Waals surface area contributed by atoms with E-state index in [9.17, 15) is 4.79 Å². The van der Waals surface area contributed by atoms with E-state index in [1.165, 1.54) is 25.7 Å². The molecule has 1 aliphatic rings. The number of thioether (sulfide) groups is 1. The first-order valence-corrected chi connectivity index (χ1v) is 10.9. The van der Waals surface area contributed by atoms with E-state index >= 15 is 0 Å². The number of nitrogens with zero attached hydrogens (tertiary/aromatic N) is 3. The summed E-state index contributed by atoms with van der Waals surface area (Å²) < 4.78 is 7.47. The predicted octanol–water partition coefficient (Wildman–Crippen LogP) is 4.64. The van der Waals surface area contributed by atoms with E-state index in [4.69, 9.17) is 4.74 Å². The van der Waals surface area contributed by atoms with Gasteiger partial charge in [-0.25, -0.2) is 9.67 Å². The number of hydrogen-bond donors (Lipinski definition) is 1. The first-order chi connectivity index (χ1) is 14.0. The topological polar surface area (TPSA) is 69.0 Å². The van der Waals surface area contributed by atoms with Crippen LogP contribution >= 0.6 is 11.8 Å². The van der Waals surface area contributed by atoms with Gasteiger partial charge in [-0.3, -0.25) is 4.79 Å². The molecular weight excluding hydrogens is 384 g/mol. The van der Waals surface area contributed by atoms with Crippen molar-refractivity contribution in [1.82, 2.24) is 14.8 Å². The molecule has 1 amide bonds. The summed E-state index contributed by atoms with van der Waals surface area (Å²) in [7, 11) is 1.83. The van der Waals surface area contributed by atoms with Gasteiger partial charge in [0.1, 0.15) is 0 Å². The number of benzene rings is 1. The van der Waals surface area contributed by atoms with Gasteiger partial charge in [0, 0.05) is 22.9 Å². The highest BCUT2D eigenvalue weighted by Crippen LogP contribution is 2.38. The summed E-state index contributed by atoms with van der Waals surface area (Å²) >= 11 is 1.86. The number of fused-ring (bicyclic) bond motifs is 1. The SMILES string of the molecule is Cc1cc(C)c2c(OCC(=O)Nc3ccccc3SC3CCCC3)nn(C)c2n1. The molecule has 0 spiro atoms. The largest absolute Gasteiger partial charge is 0.466 e. The number of carbonyl (C=O) groups excluding carboxylic acids is 1. The minimum Gasteiger partial charge on any atom is -0.466 e. The van der Waals surface area contributed by atoms with Gasteiger partial charge in [0.2, 0.25) is 5.88 Å². The second-order valence-corrected chi connectivity index (χ2v) is 8.91. The molecule has 2 heterocycles. The zero-order valence-electron chi connectivity index (χ0n) is 17.1. The standard InChI is InChI=1S/C22H26N4O2S/c1-14-12-15(2)23-21-20(14)22(25-26(21)3)28-13-19(27)24-17-10-6-7-11-18(17)29-16-8-4-5-9-16/h6-7,10-12,16H,4-5,8-9,13H2,1-3H3,(H,24,27). The second-order valence-electron chi connectivity index (χ2n) is 7.57. The molecule has 2 aromatic heterocycles. The number of carbonyl (C=O) groups is 1. The van der Waals surface area contributed by atoms with Gasteiger partial charge in [-0.1, -0.05) is 25.0 Å². The van der Waals surface area contributed by atoms with Crippen molar-refractivity contribution in [1.29, 1.82) is 0 Å². The molecule has 0 bridgehead atoms. The van der Waals surface area contributed by atoms with Crippen molar-refractivity contribution < 1.29 is 9.53 Å². The van der Waals surface area contributed by atoms with Crippen molar-refractivity contribution in [3.05, 3.63) is 41.6 Å². The van der Waals surface area contributed by atoms with Crippen LogP contribution in [0.2, 0.25) is 0 Å². The minimum absolute atomic E-state index is 0.0954. The van der Waals surface area contributed by atoms with Crippen LogP contribution in [-0.2, 0) is 11.8 Å². The van der Waals surface area contributed by atoms with Crippen molar-refractivity contribution in [3.8, 4) is 5.88 Å². The zero-order valence-corrected chi connectivity index (χ0v) is 17.9. The first-order valence-electron chi connectivity index (χ1n) is 10.0. The van der Waals surface area contributed by atoms with Gasteiger partial charge in [0.25, 0.3) is 5.91 Å². The number of para-hydroxylation sites is 1. The smallest absolute Gasteiger partial charge is 0.262 e. The third-order valence-electron chi connectivity index (χ3n) is 5.18. The van der Waals surface area contributed by atoms with E-state index in [-0.39, 0.29) is 12.5 Å². The second kappa shape index (κ2) is 8.45. The Balaban J connectivity index is 1.44. The third kappa shape index (κ3) is 4.40. The van der Waals surface area contributed by atoms with Crippen LogP contribution in [0.25, 0.3) is 11.0 Å². The summed E-state index contributed by atoms with van der Waals surface area (Å²) in [4.78, 5) is 18.2. The highest BCUT2D eigenvalue weighted by Gasteiger charge is 2.19. The van der Waals surface area contributed by atoms with Crippen molar-refractivity contribution in [2.75, 3.05) is 11.9 Å². The molecule has 4 rings (SSSR count). The summed E-state index contributed by atoms with van der Waals surface area (Å²) in [6, 6.07) is 9.97. The van der Waals surface area contributed by atoms with Crippen LogP contribution in [0.3, 0.4) is 0 Å². The molecule has 29 heavy (non-hydrogen) atoms. The fraction of sp³-hybridized carbons (Fsp3) is 0.409. The number of amides is 1. The lowest BCUT2D eigenvalue weighted by Crippen LogP contribution is -2.21. The van der Waals surface area contributed by atoms with Gasteiger partial charge < -0.3 is 10.1 Å². The molecule has 0 saturated heterocycles. The van der Waals surface area contributed by atoms with Gasteiger partial charge in [0.05, 0.1) is 11.1 Å².